The molecule has 0 heterocycles. The van der Waals surface area contributed by atoms with Crippen LogP contribution in [0.25, 0.3) is 0 Å². The summed E-state index contributed by atoms with van der Waals surface area (Å²) in [5, 5.41) is 0. The van der Waals surface area contributed by atoms with Gasteiger partial charge >= 0.3 is 0 Å². The van der Waals surface area contributed by atoms with Gasteiger partial charge in [0.15, 0.2) is 0 Å². The molecule has 13 heavy (non-hydrogen) atoms. The van der Waals surface area contributed by atoms with Crippen molar-refractivity contribution < 1.29 is 0 Å². The first-order chi connectivity index (χ1) is 6.50. The minimum absolute atomic E-state index is 1.16. The summed E-state index contributed by atoms with van der Waals surface area (Å²) < 4.78 is 0. The fraction of sp³-hybridized carbons (Fsp3) is 0.385. The van der Waals surface area contributed by atoms with Gasteiger partial charge in [0.05, 0.1) is 0 Å². The van der Waals surface area contributed by atoms with E-state index in [1.54, 1.807) is 0 Å². The predicted molar refractivity (Wildman–Crippen MR) is 59.6 cm³/mol. The topological polar surface area (TPSA) is 0 Å². The third-order valence-electron chi connectivity index (χ3n) is 2.01. The monoisotopic (exact) mass is 174 g/mol. The molecule has 0 saturated carbocycles. The Labute approximate surface area is 81.4 Å². The zero-order valence-corrected chi connectivity index (χ0v) is 8.15. The summed E-state index contributed by atoms with van der Waals surface area (Å²) in [6.07, 6.45) is 23.5. The fourth-order valence-corrected chi connectivity index (χ4v) is 1.26. The molecule has 0 aromatic rings. The number of hydrogen-bond donors (Lipinski definition) is 0. The maximum atomic E-state index is 2.30. The van der Waals surface area contributed by atoms with E-state index in [2.05, 4.69) is 48.6 Å². The molecule has 0 heteroatoms. The van der Waals surface area contributed by atoms with Crippen molar-refractivity contribution in [2.75, 3.05) is 0 Å². The highest BCUT2D eigenvalue weighted by atomic mass is 13.9. The minimum atomic E-state index is 1.16. The van der Waals surface area contributed by atoms with Crippen molar-refractivity contribution in [2.45, 2.75) is 32.1 Å². The van der Waals surface area contributed by atoms with E-state index in [0.29, 0.717) is 0 Å². The molecule has 0 aromatic heterocycles. The molecule has 0 amide bonds. The van der Waals surface area contributed by atoms with Crippen LogP contribution in [0.4, 0.5) is 0 Å². The summed E-state index contributed by atoms with van der Waals surface area (Å²) in [5.74, 6) is 0. The van der Waals surface area contributed by atoms with Crippen LogP contribution in [-0.2, 0) is 0 Å². The molecule has 0 aromatic carbocycles. The second-order valence-corrected chi connectivity index (χ2v) is 3.22. The predicted octanol–water partition coefficient (Wildman–Crippen LogP) is 4.18. The van der Waals surface area contributed by atoms with Gasteiger partial charge in [0.1, 0.15) is 0 Å². The van der Waals surface area contributed by atoms with Crippen molar-refractivity contribution in [1.82, 2.24) is 0 Å². The Kier molecular flexibility index (Phi) is 5.87. The Bertz CT molecular complexity index is 216. The van der Waals surface area contributed by atoms with Gasteiger partial charge in [-0.25, -0.2) is 0 Å². The van der Waals surface area contributed by atoms with E-state index in [0.717, 1.165) is 6.42 Å². The smallest absolute Gasteiger partial charge is 0.0313 e. The standard InChI is InChI=1S/C13H18/c1-2-4-6-8-10-12-13-11-9-7-5-3-1/h1-6,11,13H,7-10,12H2/b2-1+,5-3+,6-4-,13-11?. The molecular weight excluding hydrogens is 156 g/mol. The molecule has 0 bridgehead atoms. The molecule has 70 valence electrons. The number of rotatable bonds is 0. The average Bonchev–Trinajstić information content (AvgIpc) is 2.18. The van der Waals surface area contributed by atoms with E-state index >= 15 is 0 Å². The fourth-order valence-electron chi connectivity index (χ4n) is 1.26. The zero-order chi connectivity index (χ0) is 9.19. The van der Waals surface area contributed by atoms with Crippen molar-refractivity contribution in [3.8, 4) is 0 Å². The molecule has 0 radical (unpaired) electrons. The largest absolute Gasteiger partial charge is 0.0885 e. The highest BCUT2D eigenvalue weighted by Gasteiger charge is 1.81. The van der Waals surface area contributed by atoms with Crippen LogP contribution in [0.15, 0.2) is 48.6 Å². The molecule has 1 aliphatic carbocycles. The Balaban J connectivity index is 2.38. The molecule has 1 rings (SSSR count). The van der Waals surface area contributed by atoms with Crippen LogP contribution in [0.1, 0.15) is 32.1 Å². The molecule has 0 N–H and O–H groups in total. The van der Waals surface area contributed by atoms with Crippen molar-refractivity contribution in [2.24, 2.45) is 0 Å². The van der Waals surface area contributed by atoms with Crippen molar-refractivity contribution >= 4 is 0 Å². The highest BCUT2D eigenvalue weighted by Crippen LogP contribution is 2.01. The van der Waals surface area contributed by atoms with Crippen LogP contribution in [0.5, 0.6) is 0 Å². The molecule has 0 nitrogen and oxygen atoms in total. The Hall–Kier alpha value is -1.04. The zero-order valence-electron chi connectivity index (χ0n) is 8.15. The summed E-state index contributed by atoms with van der Waals surface area (Å²) in [5.41, 5.74) is 0. The molecule has 0 atom stereocenters. The summed E-state index contributed by atoms with van der Waals surface area (Å²) in [4.78, 5) is 0. The molecule has 0 saturated heterocycles. The summed E-state index contributed by atoms with van der Waals surface area (Å²) >= 11 is 0. The Morgan fingerprint density at radius 2 is 1.00 bits per heavy atom. The van der Waals surface area contributed by atoms with Gasteiger partial charge in [-0.3, -0.25) is 0 Å². The van der Waals surface area contributed by atoms with Crippen molar-refractivity contribution in [1.29, 1.82) is 0 Å². The maximum Gasteiger partial charge on any atom is -0.0313 e. The van der Waals surface area contributed by atoms with Crippen LogP contribution in [0.2, 0.25) is 0 Å². The first kappa shape index (κ1) is 10.0. The highest BCUT2D eigenvalue weighted by molar-refractivity contribution is 5.11. The quantitative estimate of drug-likeness (QED) is 0.483. The Morgan fingerprint density at radius 1 is 0.462 bits per heavy atom. The van der Waals surface area contributed by atoms with Crippen LogP contribution in [0, 0.1) is 0 Å². The maximum absolute atomic E-state index is 2.30. The van der Waals surface area contributed by atoms with Gasteiger partial charge in [0.2, 0.25) is 0 Å². The van der Waals surface area contributed by atoms with E-state index in [-0.39, 0.29) is 0 Å². The second-order valence-electron chi connectivity index (χ2n) is 3.22. The van der Waals surface area contributed by atoms with Crippen LogP contribution < -0.4 is 0 Å². The summed E-state index contributed by atoms with van der Waals surface area (Å²) in [6, 6.07) is 0. The molecule has 1 aliphatic rings. The van der Waals surface area contributed by atoms with Gasteiger partial charge in [0, 0.05) is 0 Å². The number of allylic oxidation sites excluding steroid dienone is 8. The molecule has 0 unspecified atom stereocenters. The molecule has 0 spiro atoms. The van der Waals surface area contributed by atoms with Gasteiger partial charge < -0.3 is 0 Å². The third kappa shape index (κ3) is 6.15. The van der Waals surface area contributed by atoms with Gasteiger partial charge in [0.25, 0.3) is 0 Å². The summed E-state index contributed by atoms with van der Waals surface area (Å²) in [7, 11) is 0. The lowest BCUT2D eigenvalue weighted by molar-refractivity contribution is 0.863. The molecular formula is C13H18. The van der Waals surface area contributed by atoms with E-state index in [1.165, 1.54) is 25.7 Å². The Morgan fingerprint density at radius 3 is 1.85 bits per heavy atom. The minimum Gasteiger partial charge on any atom is -0.0885 e. The number of hydrogen-bond acceptors (Lipinski definition) is 0. The SMILES string of the molecule is C1=CCCC\C=C/C=C/C=C/CC1. The summed E-state index contributed by atoms with van der Waals surface area (Å²) in [6.45, 7) is 0. The van der Waals surface area contributed by atoms with Crippen LogP contribution in [-0.4, -0.2) is 0 Å². The lowest BCUT2D eigenvalue weighted by Crippen LogP contribution is -1.69. The van der Waals surface area contributed by atoms with E-state index in [1.807, 2.05) is 0 Å². The normalized spacial score (nSPS) is 26.5. The van der Waals surface area contributed by atoms with E-state index in [4.69, 9.17) is 0 Å². The molecule has 0 aliphatic heterocycles. The third-order valence-corrected chi connectivity index (χ3v) is 2.01. The van der Waals surface area contributed by atoms with Gasteiger partial charge in [-0.05, 0) is 32.1 Å². The average molecular weight is 174 g/mol. The lowest BCUT2D eigenvalue weighted by atomic mass is 10.2. The molecule has 0 fully saturated rings. The van der Waals surface area contributed by atoms with E-state index in [9.17, 15) is 0 Å². The van der Waals surface area contributed by atoms with Crippen molar-refractivity contribution in [3.63, 3.8) is 0 Å². The van der Waals surface area contributed by atoms with Gasteiger partial charge in [-0.15, -0.1) is 0 Å². The van der Waals surface area contributed by atoms with Gasteiger partial charge in [-0.2, -0.15) is 0 Å². The first-order valence-electron chi connectivity index (χ1n) is 5.13. The lowest BCUT2D eigenvalue weighted by Gasteiger charge is -1.89. The van der Waals surface area contributed by atoms with Crippen LogP contribution >= 0.6 is 0 Å². The van der Waals surface area contributed by atoms with Crippen molar-refractivity contribution in [3.05, 3.63) is 48.6 Å². The van der Waals surface area contributed by atoms with E-state index < -0.39 is 0 Å². The first-order valence-corrected chi connectivity index (χ1v) is 5.13. The van der Waals surface area contributed by atoms with Crippen LogP contribution in [0.3, 0.4) is 0 Å². The second kappa shape index (κ2) is 7.60. The van der Waals surface area contributed by atoms with Gasteiger partial charge in [-0.1, -0.05) is 48.6 Å².